The highest BCUT2D eigenvalue weighted by molar-refractivity contribution is 9.10. The van der Waals surface area contributed by atoms with E-state index in [1.165, 1.54) is 18.3 Å². The first-order valence-corrected chi connectivity index (χ1v) is 8.87. The zero-order valence-corrected chi connectivity index (χ0v) is 14.3. The predicted octanol–water partition coefficient (Wildman–Crippen LogP) is 1.88. The number of hydrazone groups is 1. The highest BCUT2D eigenvalue weighted by atomic mass is 79.9. The predicted molar refractivity (Wildman–Crippen MR) is 91.5 cm³/mol. The minimum Gasteiger partial charge on any atom is -0.272 e. The summed E-state index contributed by atoms with van der Waals surface area (Å²) in [5.41, 5.74) is 3.07. The lowest BCUT2D eigenvalue weighted by Crippen LogP contribution is -2.34. The molecule has 0 spiro atoms. The summed E-state index contributed by atoms with van der Waals surface area (Å²) >= 11 is 3.32. The van der Waals surface area contributed by atoms with Gasteiger partial charge in [0.1, 0.15) is 0 Å². The van der Waals surface area contributed by atoms with E-state index in [4.69, 9.17) is 0 Å². The van der Waals surface area contributed by atoms with Gasteiger partial charge in [-0.25, -0.2) is 18.6 Å². The van der Waals surface area contributed by atoms with Crippen LogP contribution in [-0.4, -0.2) is 27.1 Å². The third-order valence-corrected chi connectivity index (χ3v) is 4.69. The summed E-state index contributed by atoms with van der Waals surface area (Å²) in [6, 6.07) is 15.2. The smallest absolute Gasteiger partial charge is 0.255 e. The first kappa shape index (κ1) is 17.3. The molecule has 0 aromatic heterocycles. The molecule has 0 saturated heterocycles. The Balaban J connectivity index is 1.84. The zero-order valence-electron chi connectivity index (χ0n) is 11.9. The molecule has 0 aliphatic heterocycles. The molecule has 0 bridgehead atoms. The lowest BCUT2D eigenvalue weighted by Gasteiger charge is -2.05. The quantitative estimate of drug-likeness (QED) is 0.577. The van der Waals surface area contributed by atoms with Crippen LogP contribution < -0.4 is 10.1 Å². The van der Waals surface area contributed by atoms with Crippen molar-refractivity contribution in [3.8, 4) is 0 Å². The average Bonchev–Trinajstić information content (AvgIpc) is 2.56. The molecule has 0 fully saturated rings. The number of amides is 1. The van der Waals surface area contributed by atoms with Crippen LogP contribution in [0.3, 0.4) is 0 Å². The van der Waals surface area contributed by atoms with Gasteiger partial charge in [-0.15, -0.1) is 0 Å². The van der Waals surface area contributed by atoms with E-state index in [1.54, 1.807) is 18.2 Å². The van der Waals surface area contributed by atoms with Crippen molar-refractivity contribution in [2.45, 2.75) is 4.90 Å². The number of carbonyl (C=O) groups is 1. The third kappa shape index (κ3) is 5.59. The Hall–Kier alpha value is -2.03. The van der Waals surface area contributed by atoms with Gasteiger partial charge in [-0.05, 0) is 29.8 Å². The molecule has 120 valence electrons. The monoisotopic (exact) mass is 395 g/mol. The summed E-state index contributed by atoms with van der Waals surface area (Å²) in [6.45, 7) is -0.394. The molecule has 0 unspecified atom stereocenters. The molecule has 2 aromatic carbocycles. The van der Waals surface area contributed by atoms with Crippen molar-refractivity contribution in [1.29, 1.82) is 0 Å². The fourth-order valence-electron chi connectivity index (χ4n) is 1.61. The molecule has 1 amide bonds. The molecule has 6 nitrogen and oxygen atoms in total. The van der Waals surface area contributed by atoms with Gasteiger partial charge in [-0.2, -0.15) is 5.10 Å². The van der Waals surface area contributed by atoms with Crippen molar-refractivity contribution in [1.82, 2.24) is 10.1 Å². The maximum Gasteiger partial charge on any atom is 0.255 e. The highest BCUT2D eigenvalue weighted by Gasteiger charge is 2.14. The Kier molecular flexibility index (Phi) is 6.03. The van der Waals surface area contributed by atoms with Crippen molar-refractivity contribution in [3.05, 3.63) is 64.6 Å². The van der Waals surface area contributed by atoms with E-state index in [9.17, 15) is 13.2 Å². The normalized spacial score (nSPS) is 11.5. The summed E-state index contributed by atoms with van der Waals surface area (Å²) in [5.74, 6) is -0.558. The van der Waals surface area contributed by atoms with Crippen LogP contribution in [-0.2, 0) is 14.8 Å². The van der Waals surface area contributed by atoms with Crippen LogP contribution in [0.5, 0.6) is 0 Å². The van der Waals surface area contributed by atoms with Crippen LogP contribution in [0.1, 0.15) is 5.56 Å². The molecule has 0 heterocycles. The minimum atomic E-state index is -3.71. The van der Waals surface area contributed by atoms with Gasteiger partial charge in [-0.1, -0.05) is 46.3 Å². The number of nitrogens with zero attached hydrogens (tertiary/aromatic N) is 1. The second-order valence-electron chi connectivity index (χ2n) is 4.48. The summed E-state index contributed by atoms with van der Waals surface area (Å²) in [5, 5.41) is 3.77. The minimum absolute atomic E-state index is 0.103. The van der Waals surface area contributed by atoms with Gasteiger partial charge in [0, 0.05) is 4.47 Å². The molecule has 0 saturated carbocycles. The Labute approximate surface area is 142 Å². The van der Waals surface area contributed by atoms with Crippen molar-refractivity contribution >= 4 is 38.1 Å². The summed E-state index contributed by atoms with van der Waals surface area (Å²) in [7, 11) is -3.71. The molecule has 0 radical (unpaired) electrons. The van der Waals surface area contributed by atoms with Gasteiger partial charge >= 0.3 is 0 Å². The van der Waals surface area contributed by atoms with Crippen LogP contribution in [0.25, 0.3) is 0 Å². The van der Waals surface area contributed by atoms with Crippen LogP contribution in [0.4, 0.5) is 0 Å². The lowest BCUT2D eigenvalue weighted by molar-refractivity contribution is -0.119. The van der Waals surface area contributed by atoms with E-state index in [1.807, 2.05) is 24.3 Å². The Bertz CT molecular complexity index is 790. The SMILES string of the molecule is O=C(CNS(=O)(=O)c1ccccc1)NN=Cc1ccc(Br)cc1. The molecule has 0 aliphatic carbocycles. The number of carbonyl (C=O) groups excluding carboxylic acids is 1. The topological polar surface area (TPSA) is 87.6 Å². The number of hydrogen-bond acceptors (Lipinski definition) is 4. The van der Waals surface area contributed by atoms with E-state index >= 15 is 0 Å². The maximum atomic E-state index is 11.9. The molecule has 2 aromatic rings. The fourth-order valence-corrected chi connectivity index (χ4v) is 2.88. The molecule has 0 atom stereocenters. The Morgan fingerprint density at radius 3 is 2.39 bits per heavy atom. The molecular formula is C15H14BrN3O3S. The first-order chi connectivity index (χ1) is 11.0. The van der Waals surface area contributed by atoms with Gasteiger partial charge in [-0.3, -0.25) is 4.79 Å². The summed E-state index contributed by atoms with van der Waals surface area (Å²) in [6.07, 6.45) is 1.47. The standard InChI is InChI=1S/C15H14BrN3O3S/c16-13-8-6-12(7-9-13)10-17-19-15(20)11-18-23(21,22)14-4-2-1-3-5-14/h1-10,18H,11H2,(H,19,20). The molecule has 23 heavy (non-hydrogen) atoms. The summed E-state index contributed by atoms with van der Waals surface area (Å²) < 4.78 is 27.0. The number of rotatable bonds is 6. The highest BCUT2D eigenvalue weighted by Crippen LogP contribution is 2.09. The van der Waals surface area contributed by atoms with E-state index < -0.39 is 22.5 Å². The molecule has 2 rings (SSSR count). The molecule has 8 heteroatoms. The van der Waals surface area contributed by atoms with Gasteiger partial charge in [0.25, 0.3) is 5.91 Å². The number of nitrogens with one attached hydrogen (secondary N) is 2. The first-order valence-electron chi connectivity index (χ1n) is 6.59. The van der Waals surface area contributed by atoms with Crippen molar-refractivity contribution in [2.75, 3.05) is 6.54 Å². The largest absolute Gasteiger partial charge is 0.272 e. The number of halogens is 1. The number of sulfonamides is 1. The van der Waals surface area contributed by atoms with Crippen LogP contribution >= 0.6 is 15.9 Å². The average molecular weight is 396 g/mol. The molecule has 0 aliphatic rings. The number of benzene rings is 2. The maximum absolute atomic E-state index is 11.9. The third-order valence-electron chi connectivity index (χ3n) is 2.75. The van der Waals surface area contributed by atoms with Gasteiger partial charge in [0.15, 0.2) is 0 Å². The Morgan fingerprint density at radius 1 is 1.09 bits per heavy atom. The van der Waals surface area contributed by atoms with E-state index in [2.05, 4.69) is 31.2 Å². The van der Waals surface area contributed by atoms with Crippen molar-refractivity contribution in [3.63, 3.8) is 0 Å². The second-order valence-corrected chi connectivity index (χ2v) is 7.16. The van der Waals surface area contributed by atoms with Gasteiger partial charge in [0.2, 0.25) is 10.0 Å². The van der Waals surface area contributed by atoms with E-state index in [0.29, 0.717) is 0 Å². The van der Waals surface area contributed by atoms with Crippen LogP contribution in [0, 0.1) is 0 Å². The van der Waals surface area contributed by atoms with Crippen molar-refractivity contribution in [2.24, 2.45) is 5.10 Å². The van der Waals surface area contributed by atoms with Crippen LogP contribution in [0.15, 0.2) is 69.1 Å². The van der Waals surface area contributed by atoms with E-state index in [0.717, 1.165) is 10.0 Å². The molecule has 2 N–H and O–H groups in total. The lowest BCUT2D eigenvalue weighted by atomic mass is 10.2. The van der Waals surface area contributed by atoms with Crippen LogP contribution in [0.2, 0.25) is 0 Å². The molecular weight excluding hydrogens is 382 g/mol. The van der Waals surface area contributed by atoms with Crippen molar-refractivity contribution < 1.29 is 13.2 Å². The fraction of sp³-hybridized carbons (Fsp3) is 0.0667. The second kappa shape index (κ2) is 8.00. The van der Waals surface area contributed by atoms with E-state index in [-0.39, 0.29) is 4.90 Å². The van der Waals surface area contributed by atoms with Gasteiger partial charge < -0.3 is 0 Å². The number of hydrogen-bond donors (Lipinski definition) is 2. The Morgan fingerprint density at radius 2 is 1.74 bits per heavy atom. The summed E-state index contributed by atoms with van der Waals surface area (Å²) in [4.78, 5) is 11.7. The zero-order chi connectivity index (χ0) is 16.7. The van der Waals surface area contributed by atoms with Gasteiger partial charge in [0.05, 0.1) is 17.7 Å².